The Bertz CT molecular complexity index is 679. The standard InChI is InChI=1S/C12H8F3NO2S/c13-8-6-10(14)12(11(15)7-8)16-19(17,18)9-4-2-1-3-5-9/h1-7,16H. The number of anilines is 1. The third-order valence-corrected chi connectivity index (χ3v) is 3.66. The number of halogens is 3. The van der Waals surface area contributed by atoms with Gasteiger partial charge in [-0.15, -0.1) is 0 Å². The number of benzene rings is 2. The topological polar surface area (TPSA) is 46.2 Å². The normalized spacial score (nSPS) is 11.3. The molecule has 0 saturated heterocycles. The molecule has 2 aromatic carbocycles. The first-order valence-corrected chi connectivity index (χ1v) is 6.61. The number of nitrogens with one attached hydrogen (secondary N) is 1. The van der Waals surface area contributed by atoms with Crippen molar-refractivity contribution in [3.8, 4) is 0 Å². The minimum Gasteiger partial charge on any atom is -0.274 e. The van der Waals surface area contributed by atoms with Gasteiger partial charge in [-0.2, -0.15) is 0 Å². The molecule has 2 rings (SSSR count). The van der Waals surface area contributed by atoms with Crippen molar-refractivity contribution in [2.75, 3.05) is 4.72 Å². The second-order valence-corrected chi connectivity index (χ2v) is 5.35. The molecule has 0 aliphatic heterocycles. The smallest absolute Gasteiger partial charge is 0.262 e. The predicted octanol–water partition coefficient (Wildman–Crippen LogP) is 2.90. The van der Waals surface area contributed by atoms with Gasteiger partial charge in [0.2, 0.25) is 0 Å². The molecule has 2 aromatic rings. The molecule has 0 bridgehead atoms. The van der Waals surface area contributed by atoms with Gasteiger partial charge in [-0.3, -0.25) is 4.72 Å². The Morgan fingerprint density at radius 1 is 0.895 bits per heavy atom. The van der Waals surface area contributed by atoms with Crippen LogP contribution in [0.3, 0.4) is 0 Å². The van der Waals surface area contributed by atoms with Crippen LogP contribution in [0.5, 0.6) is 0 Å². The maximum atomic E-state index is 13.4. The van der Waals surface area contributed by atoms with Gasteiger partial charge in [-0.25, -0.2) is 21.6 Å². The lowest BCUT2D eigenvalue weighted by Crippen LogP contribution is -2.15. The van der Waals surface area contributed by atoms with E-state index in [0.29, 0.717) is 12.1 Å². The second-order valence-electron chi connectivity index (χ2n) is 3.66. The Labute approximate surface area is 107 Å². The summed E-state index contributed by atoms with van der Waals surface area (Å²) in [6.07, 6.45) is 0. The summed E-state index contributed by atoms with van der Waals surface area (Å²) in [6.45, 7) is 0. The van der Waals surface area contributed by atoms with Gasteiger partial charge in [0, 0.05) is 12.1 Å². The molecule has 0 aliphatic rings. The molecule has 0 heterocycles. The van der Waals surface area contributed by atoms with Crippen molar-refractivity contribution in [1.29, 1.82) is 0 Å². The summed E-state index contributed by atoms with van der Waals surface area (Å²) in [5.74, 6) is -3.77. The highest BCUT2D eigenvalue weighted by atomic mass is 32.2. The molecule has 0 fully saturated rings. The Balaban J connectivity index is 2.42. The molecular weight excluding hydrogens is 279 g/mol. The summed E-state index contributed by atoms with van der Waals surface area (Å²) in [4.78, 5) is -0.155. The van der Waals surface area contributed by atoms with E-state index in [2.05, 4.69) is 0 Å². The van der Waals surface area contributed by atoms with Crippen LogP contribution in [0.25, 0.3) is 0 Å². The summed E-state index contributed by atoms with van der Waals surface area (Å²) in [7, 11) is -4.12. The molecule has 0 radical (unpaired) electrons. The lowest BCUT2D eigenvalue weighted by molar-refractivity contribution is 0.547. The average Bonchev–Trinajstić information content (AvgIpc) is 2.35. The SMILES string of the molecule is O=S(=O)(Nc1c(F)cc(F)cc1F)c1ccccc1. The Kier molecular flexibility index (Phi) is 3.48. The van der Waals surface area contributed by atoms with Crippen molar-refractivity contribution in [1.82, 2.24) is 0 Å². The van der Waals surface area contributed by atoms with Crippen LogP contribution in [0.2, 0.25) is 0 Å². The van der Waals surface area contributed by atoms with E-state index in [1.165, 1.54) is 24.3 Å². The van der Waals surface area contributed by atoms with Gasteiger partial charge < -0.3 is 0 Å². The zero-order valence-corrected chi connectivity index (χ0v) is 10.2. The summed E-state index contributed by atoms with van der Waals surface area (Å²) < 4.78 is 64.9. The van der Waals surface area contributed by atoms with Crippen LogP contribution in [0, 0.1) is 17.5 Å². The minimum absolute atomic E-state index is 0.155. The lowest BCUT2D eigenvalue weighted by Gasteiger charge is -2.09. The first kappa shape index (κ1) is 13.4. The van der Waals surface area contributed by atoms with Gasteiger partial charge in [-0.05, 0) is 12.1 Å². The number of sulfonamides is 1. The van der Waals surface area contributed by atoms with E-state index in [9.17, 15) is 21.6 Å². The molecule has 3 nitrogen and oxygen atoms in total. The van der Waals surface area contributed by atoms with Crippen LogP contribution >= 0.6 is 0 Å². The Morgan fingerprint density at radius 3 is 1.95 bits per heavy atom. The zero-order chi connectivity index (χ0) is 14.0. The third-order valence-electron chi connectivity index (χ3n) is 2.30. The van der Waals surface area contributed by atoms with Gasteiger partial charge in [-0.1, -0.05) is 18.2 Å². The molecule has 0 saturated carbocycles. The summed E-state index contributed by atoms with van der Waals surface area (Å²) in [5, 5.41) is 0. The molecule has 100 valence electrons. The molecule has 0 atom stereocenters. The first-order chi connectivity index (χ1) is 8.90. The van der Waals surface area contributed by atoms with Crippen LogP contribution in [0.1, 0.15) is 0 Å². The molecule has 0 unspecified atom stereocenters. The quantitative estimate of drug-likeness (QED) is 0.943. The van der Waals surface area contributed by atoms with E-state index in [4.69, 9.17) is 0 Å². The molecule has 0 aromatic heterocycles. The van der Waals surface area contributed by atoms with Gasteiger partial charge in [0.25, 0.3) is 10.0 Å². The van der Waals surface area contributed by atoms with Gasteiger partial charge in [0.15, 0.2) is 11.6 Å². The van der Waals surface area contributed by atoms with Crippen molar-refractivity contribution >= 4 is 15.7 Å². The fraction of sp³-hybridized carbons (Fsp3) is 0. The lowest BCUT2D eigenvalue weighted by atomic mass is 10.3. The van der Waals surface area contributed by atoms with E-state index in [1.807, 2.05) is 0 Å². The van der Waals surface area contributed by atoms with Crippen molar-refractivity contribution in [3.05, 3.63) is 59.9 Å². The largest absolute Gasteiger partial charge is 0.274 e. The van der Waals surface area contributed by atoms with E-state index >= 15 is 0 Å². The summed E-state index contributed by atoms with van der Waals surface area (Å²) in [6, 6.07) is 7.84. The van der Waals surface area contributed by atoms with Crippen molar-refractivity contribution in [2.45, 2.75) is 4.90 Å². The number of hydrogen-bond acceptors (Lipinski definition) is 2. The first-order valence-electron chi connectivity index (χ1n) is 5.12. The Morgan fingerprint density at radius 2 is 1.42 bits per heavy atom. The molecule has 1 N–H and O–H groups in total. The second kappa shape index (κ2) is 4.93. The maximum Gasteiger partial charge on any atom is 0.262 e. The molecule has 0 aliphatic carbocycles. The van der Waals surface area contributed by atoms with E-state index in [-0.39, 0.29) is 4.90 Å². The fourth-order valence-electron chi connectivity index (χ4n) is 1.43. The highest BCUT2D eigenvalue weighted by Gasteiger charge is 2.19. The Hall–Kier alpha value is -2.02. The van der Waals surface area contributed by atoms with Gasteiger partial charge >= 0.3 is 0 Å². The molecule has 0 spiro atoms. The molecule has 7 heteroatoms. The van der Waals surface area contributed by atoms with Crippen molar-refractivity contribution < 1.29 is 21.6 Å². The third kappa shape index (κ3) is 2.87. The van der Waals surface area contributed by atoms with Crippen LogP contribution in [0.4, 0.5) is 18.9 Å². The average molecular weight is 287 g/mol. The maximum absolute atomic E-state index is 13.4. The van der Waals surface area contributed by atoms with Gasteiger partial charge in [0.05, 0.1) is 4.90 Å². The van der Waals surface area contributed by atoms with Crippen LogP contribution < -0.4 is 4.72 Å². The van der Waals surface area contributed by atoms with Crippen LogP contribution in [-0.2, 0) is 10.0 Å². The molecular formula is C12H8F3NO2S. The van der Waals surface area contributed by atoms with E-state index in [1.54, 1.807) is 10.8 Å². The van der Waals surface area contributed by atoms with Crippen molar-refractivity contribution in [2.24, 2.45) is 0 Å². The minimum atomic E-state index is -4.12. The number of rotatable bonds is 3. The fourth-order valence-corrected chi connectivity index (χ4v) is 2.53. The molecule has 19 heavy (non-hydrogen) atoms. The highest BCUT2D eigenvalue weighted by Crippen LogP contribution is 2.23. The van der Waals surface area contributed by atoms with Gasteiger partial charge in [0.1, 0.15) is 11.5 Å². The van der Waals surface area contributed by atoms with Crippen LogP contribution in [-0.4, -0.2) is 8.42 Å². The highest BCUT2D eigenvalue weighted by molar-refractivity contribution is 7.92. The van der Waals surface area contributed by atoms with E-state index < -0.39 is 33.2 Å². The summed E-state index contributed by atoms with van der Waals surface area (Å²) in [5.41, 5.74) is -0.912. The zero-order valence-electron chi connectivity index (χ0n) is 9.40. The summed E-state index contributed by atoms with van der Waals surface area (Å²) >= 11 is 0. The monoisotopic (exact) mass is 287 g/mol. The molecule has 0 amide bonds. The van der Waals surface area contributed by atoms with Crippen molar-refractivity contribution in [3.63, 3.8) is 0 Å². The number of hydrogen-bond donors (Lipinski definition) is 1. The predicted molar refractivity (Wildman–Crippen MR) is 63.6 cm³/mol. The van der Waals surface area contributed by atoms with Crippen LogP contribution in [0.15, 0.2) is 47.4 Å². The van der Waals surface area contributed by atoms with E-state index in [0.717, 1.165) is 0 Å².